The van der Waals surface area contributed by atoms with Gasteiger partial charge in [0.15, 0.2) is 0 Å². The van der Waals surface area contributed by atoms with E-state index in [0.29, 0.717) is 12.1 Å². The van der Waals surface area contributed by atoms with Crippen LogP contribution in [0.4, 0.5) is 4.39 Å². The summed E-state index contributed by atoms with van der Waals surface area (Å²) in [5.74, 6) is -0.361. The second kappa shape index (κ2) is 6.50. The van der Waals surface area contributed by atoms with E-state index in [2.05, 4.69) is 5.32 Å². The van der Waals surface area contributed by atoms with Crippen LogP contribution in [0.2, 0.25) is 5.02 Å². The Morgan fingerprint density at radius 1 is 1.56 bits per heavy atom. The summed E-state index contributed by atoms with van der Waals surface area (Å²) in [7, 11) is 1.95. The molecular weight excluding hydrogens is 253 g/mol. The van der Waals surface area contributed by atoms with E-state index < -0.39 is 0 Å². The van der Waals surface area contributed by atoms with Gasteiger partial charge in [0.25, 0.3) is 0 Å². The van der Waals surface area contributed by atoms with E-state index in [1.54, 1.807) is 12.1 Å². The van der Waals surface area contributed by atoms with Crippen LogP contribution in [0.25, 0.3) is 0 Å². The number of hydrogen-bond acceptors (Lipinski definition) is 2. The molecule has 1 aromatic carbocycles. The maximum Gasteiger partial charge on any atom is 0.141 e. The zero-order valence-electron chi connectivity index (χ0n) is 10.6. The van der Waals surface area contributed by atoms with E-state index >= 15 is 0 Å². The third-order valence-corrected chi connectivity index (χ3v) is 3.74. The lowest BCUT2D eigenvalue weighted by Gasteiger charge is -2.20. The highest BCUT2D eigenvalue weighted by molar-refractivity contribution is 6.30. The van der Waals surface area contributed by atoms with Gasteiger partial charge in [-0.05, 0) is 50.4 Å². The highest BCUT2D eigenvalue weighted by Crippen LogP contribution is 2.21. The van der Waals surface area contributed by atoms with Crippen molar-refractivity contribution < 1.29 is 9.13 Å². The molecule has 18 heavy (non-hydrogen) atoms. The molecule has 1 aliphatic heterocycles. The fourth-order valence-corrected chi connectivity index (χ4v) is 2.61. The van der Waals surface area contributed by atoms with E-state index in [9.17, 15) is 4.39 Å². The van der Waals surface area contributed by atoms with Crippen molar-refractivity contribution in [1.82, 2.24) is 5.32 Å². The average Bonchev–Trinajstić information content (AvgIpc) is 2.86. The zero-order valence-corrected chi connectivity index (χ0v) is 11.3. The summed E-state index contributed by atoms with van der Waals surface area (Å²) in [6, 6.07) is 5.27. The highest BCUT2D eigenvalue weighted by Gasteiger charge is 2.20. The lowest BCUT2D eigenvalue weighted by atomic mass is 9.99. The van der Waals surface area contributed by atoms with Gasteiger partial charge in [0.2, 0.25) is 0 Å². The Morgan fingerprint density at radius 3 is 3.00 bits per heavy atom. The molecule has 0 amide bonds. The molecule has 100 valence electrons. The zero-order chi connectivity index (χ0) is 13.0. The molecule has 1 aliphatic rings. The van der Waals surface area contributed by atoms with Gasteiger partial charge < -0.3 is 10.1 Å². The van der Waals surface area contributed by atoms with Crippen molar-refractivity contribution in [2.45, 2.75) is 37.8 Å². The first-order valence-electron chi connectivity index (χ1n) is 6.42. The van der Waals surface area contributed by atoms with Gasteiger partial charge in [-0.1, -0.05) is 17.7 Å². The molecule has 2 rings (SSSR count). The van der Waals surface area contributed by atoms with E-state index in [0.717, 1.165) is 37.9 Å². The monoisotopic (exact) mass is 271 g/mol. The fourth-order valence-electron chi connectivity index (χ4n) is 2.40. The molecule has 1 aromatic rings. The minimum Gasteiger partial charge on any atom is -0.378 e. The average molecular weight is 272 g/mol. The van der Waals surface area contributed by atoms with Gasteiger partial charge in [0.05, 0.1) is 11.1 Å². The van der Waals surface area contributed by atoms with Crippen LogP contribution < -0.4 is 5.32 Å². The fraction of sp³-hybridized carbons (Fsp3) is 0.571. The molecule has 4 heteroatoms. The van der Waals surface area contributed by atoms with Crippen molar-refractivity contribution in [3.05, 3.63) is 34.6 Å². The van der Waals surface area contributed by atoms with Gasteiger partial charge in [-0.15, -0.1) is 0 Å². The first-order valence-corrected chi connectivity index (χ1v) is 6.79. The first-order chi connectivity index (χ1) is 8.69. The Balaban J connectivity index is 1.94. The molecule has 2 unspecified atom stereocenters. The maximum atomic E-state index is 13.1. The van der Waals surface area contributed by atoms with Gasteiger partial charge >= 0.3 is 0 Å². The van der Waals surface area contributed by atoms with Gasteiger partial charge in [0, 0.05) is 12.6 Å². The van der Waals surface area contributed by atoms with Crippen molar-refractivity contribution in [2.75, 3.05) is 13.7 Å². The number of hydrogen-bond donors (Lipinski definition) is 1. The number of ether oxygens (including phenoxy) is 1. The molecule has 0 aliphatic carbocycles. The van der Waals surface area contributed by atoms with Gasteiger partial charge in [0.1, 0.15) is 5.82 Å². The van der Waals surface area contributed by atoms with Crippen LogP contribution in [0.15, 0.2) is 18.2 Å². The first kappa shape index (κ1) is 13.8. The molecule has 0 aromatic heterocycles. The van der Waals surface area contributed by atoms with E-state index in [4.69, 9.17) is 16.3 Å². The summed E-state index contributed by atoms with van der Waals surface area (Å²) >= 11 is 5.79. The lowest BCUT2D eigenvalue weighted by Crippen LogP contribution is -2.31. The summed E-state index contributed by atoms with van der Waals surface area (Å²) in [5.41, 5.74) is 1.05. The number of halogens is 2. The second-order valence-electron chi connectivity index (χ2n) is 4.81. The largest absolute Gasteiger partial charge is 0.378 e. The number of likely N-dealkylation sites (N-methyl/N-ethyl adjacent to an activating group) is 1. The normalized spacial score (nSPS) is 21.2. The smallest absolute Gasteiger partial charge is 0.141 e. The van der Waals surface area contributed by atoms with E-state index in [1.807, 2.05) is 7.05 Å². The highest BCUT2D eigenvalue weighted by atomic mass is 35.5. The lowest BCUT2D eigenvalue weighted by molar-refractivity contribution is 0.0954. The molecule has 1 N–H and O–H groups in total. The Bertz CT molecular complexity index is 393. The third-order valence-electron chi connectivity index (χ3n) is 3.45. The summed E-state index contributed by atoms with van der Waals surface area (Å²) in [4.78, 5) is 0. The molecule has 2 atom stereocenters. The topological polar surface area (TPSA) is 21.3 Å². The van der Waals surface area contributed by atoms with Crippen LogP contribution in [0, 0.1) is 5.82 Å². The maximum absolute atomic E-state index is 13.1. The summed E-state index contributed by atoms with van der Waals surface area (Å²) in [5, 5.41) is 3.49. The van der Waals surface area contributed by atoms with E-state index in [-0.39, 0.29) is 10.8 Å². The molecule has 0 bridgehead atoms. The Kier molecular flexibility index (Phi) is 4.98. The van der Waals surface area contributed by atoms with Crippen LogP contribution in [0.3, 0.4) is 0 Å². The van der Waals surface area contributed by atoms with Crippen LogP contribution in [-0.2, 0) is 11.2 Å². The predicted octanol–water partition coefficient (Wildman–Crippen LogP) is 3.18. The van der Waals surface area contributed by atoms with Crippen LogP contribution in [-0.4, -0.2) is 25.8 Å². The summed E-state index contributed by atoms with van der Waals surface area (Å²) < 4.78 is 18.7. The van der Waals surface area contributed by atoms with Crippen LogP contribution in [0.1, 0.15) is 24.8 Å². The van der Waals surface area contributed by atoms with Crippen LogP contribution in [0.5, 0.6) is 0 Å². The quantitative estimate of drug-likeness (QED) is 0.888. The summed E-state index contributed by atoms with van der Waals surface area (Å²) in [6.07, 6.45) is 4.49. The van der Waals surface area contributed by atoms with Crippen LogP contribution >= 0.6 is 11.6 Å². The van der Waals surface area contributed by atoms with Crippen molar-refractivity contribution in [2.24, 2.45) is 0 Å². The molecule has 2 nitrogen and oxygen atoms in total. The van der Waals surface area contributed by atoms with Crippen molar-refractivity contribution >= 4 is 11.6 Å². The van der Waals surface area contributed by atoms with Gasteiger partial charge in [-0.25, -0.2) is 4.39 Å². The standard InChI is InChI=1S/C14H19ClFNO/c1-17-11(9-12-3-2-6-18-12)7-10-4-5-14(16)13(15)8-10/h4-5,8,11-12,17H,2-3,6-7,9H2,1H3. The van der Waals surface area contributed by atoms with Gasteiger partial charge in [-0.2, -0.15) is 0 Å². The Labute approximate surface area is 112 Å². The minimum atomic E-state index is -0.361. The van der Waals surface area contributed by atoms with E-state index in [1.165, 1.54) is 6.07 Å². The second-order valence-corrected chi connectivity index (χ2v) is 5.22. The molecule has 1 saturated heterocycles. The van der Waals surface area contributed by atoms with Gasteiger partial charge in [-0.3, -0.25) is 0 Å². The summed E-state index contributed by atoms with van der Waals surface area (Å²) in [6.45, 7) is 0.878. The molecule has 1 fully saturated rings. The van der Waals surface area contributed by atoms with Crippen molar-refractivity contribution in [3.8, 4) is 0 Å². The third kappa shape index (κ3) is 3.67. The van der Waals surface area contributed by atoms with Crippen molar-refractivity contribution in [1.29, 1.82) is 0 Å². The number of nitrogens with one attached hydrogen (secondary N) is 1. The number of benzene rings is 1. The molecule has 0 saturated carbocycles. The Hall–Kier alpha value is -0.640. The molecule has 0 radical (unpaired) electrons. The molecular formula is C14H19ClFNO. The SMILES string of the molecule is CNC(Cc1ccc(F)c(Cl)c1)CC1CCCO1. The molecule has 1 heterocycles. The minimum absolute atomic E-state index is 0.194. The number of rotatable bonds is 5. The van der Waals surface area contributed by atoms with Crippen molar-refractivity contribution in [3.63, 3.8) is 0 Å². The Morgan fingerprint density at radius 2 is 2.39 bits per heavy atom. The predicted molar refractivity (Wildman–Crippen MR) is 71.6 cm³/mol. The molecule has 0 spiro atoms.